The third kappa shape index (κ3) is 2.71. The van der Waals surface area contributed by atoms with E-state index < -0.39 is 12.0 Å². The van der Waals surface area contributed by atoms with Crippen molar-refractivity contribution in [3.8, 4) is 5.75 Å². The van der Waals surface area contributed by atoms with Gasteiger partial charge in [0.2, 0.25) is 0 Å². The highest BCUT2D eigenvalue weighted by Crippen LogP contribution is 2.32. The lowest BCUT2D eigenvalue weighted by Gasteiger charge is -2.25. The molecule has 1 aromatic rings. The average molecular weight is 346 g/mol. The van der Waals surface area contributed by atoms with Crippen LogP contribution in [0.5, 0.6) is 5.75 Å². The summed E-state index contributed by atoms with van der Waals surface area (Å²) < 4.78 is 0.489. The number of carbonyl (C=O) groups is 2. The molecule has 1 aromatic carbocycles. The van der Waals surface area contributed by atoms with Crippen LogP contribution < -0.4 is 0 Å². The summed E-state index contributed by atoms with van der Waals surface area (Å²) in [5.41, 5.74) is 0.279. The fraction of sp³-hybridized carbons (Fsp3) is 0.333. The van der Waals surface area contributed by atoms with Gasteiger partial charge in [0.1, 0.15) is 11.8 Å². The van der Waals surface area contributed by atoms with Crippen molar-refractivity contribution in [1.29, 1.82) is 0 Å². The Hall–Kier alpha value is -1.21. The molecule has 7 heteroatoms. The molecule has 1 amide bonds. The van der Waals surface area contributed by atoms with Crippen LogP contribution in [0.25, 0.3) is 0 Å². The zero-order valence-corrected chi connectivity index (χ0v) is 12.4. The summed E-state index contributed by atoms with van der Waals surface area (Å²) in [6.07, 6.45) is 0. The normalized spacial score (nSPS) is 22.5. The van der Waals surface area contributed by atoms with Gasteiger partial charge in [0.25, 0.3) is 5.91 Å². The maximum Gasteiger partial charge on any atom is 0.327 e. The van der Waals surface area contributed by atoms with Gasteiger partial charge >= 0.3 is 5.97 Å². The van der Waals surface area contributed by atoms with Crippen LogP contribution in [-0.2, 0) is 4.79 Å². The van der Waals surface area contributed by atoms with Gasteiger partial charge in [0.05, 0.1) is 9.85 Å². The summed E-state index contributed by atoms with van der Waals surface area (Å²) in [4.78, 5) is 24.9. The van der Waals surface area contributed by atoms with E-state index in [1.807, 2.05) is 0 Å². The monoisotopic (exact) mass is 345 g/mol. The van der Waals surface area contributed by atoms with E-state index in [0.717, 1.165) is 0 Å². The number of phenolic OH excluding ortho intramolecular Hbond substituents is 1. The molecular weight excluding hydrogens is 334 g/mol. The molecular formula is C12H12BrNO4S. The highest BCUT2D eigenvalue weighted by Gasteiger charge is 2.39. The first-order valence-electron chi connectivity index (χ1n) is 5.57. The van der Waals surface area contributed by atoms with E-state index in [-0.39, 0.29) is 22.6 Å². The van der Waals surface area contributed by atoms with E-state index in [1.165, 1.54) is 22.7 Å². The smallest absolute Gasteiger partial charge is 0.327 e. The van der Waals surface area contributed by atoms with Gasteiger partial charge in [-0.1, -0.05) is 0 Å². The Morgan fingerprint density at radius 1 is 1.47 bits per heavy atom. The number of halogens is 1. The highest BCUT2D eigenvalue weighted by molar-refractivity contribution is 9.10. The number of amides is 1. The summed E-state index contributed by atoms with van der Waals surface area (Å²) in [6.45, 7) is 1.80. The number of thioether (sulfide) groups is 1. The van der Waals surface area contributed by atoms with Gasteiger partial charge in [0.15, 0.2) is 0 Å². The third-order valence-corrected chi connectivity index (χ3v) is 4.82. The van der Waals surface area contributed by atoms with Crippen LogP contribution in [0.15, 0.2) is 22.7 Å². The highest BCUT2D eigenvalue weighted by atomic mass is 79.9. The lowest BCUT2D eigenvalue weighted by molar-refractivity contribution is -0.141. The van der Waals surface area contributed by atoms with Crippen molar-refractivity contribution < 1.29 is 19.8 Å². The topological polar surface area (TPSA) is 77.8 Å². The van der Waals surface area contributed by atoms with Crippen LogP contribution in [0, 0.1) is 0 Å². The van der Waals surface area contributed by atoms with Gasteiger partial charge < -0.3 is 15.1 Å². The van der Waals surface area contributed by atoms with Gasteiger partial charge in [0, 0.05) is 11.3 Å². The van der Waals surface area contributed by atoms with Crippen molar-refractivity contribution in [1.82, 2.24) is 4.90 Å². The Balaban J connectivity index is 2.31. The first-order chi connectivity index (χ1) is 8.91. The molecule has 0 saturated carbocycles. The summed E-state index contributed by atoms with van der Waals surface area (Å²) >= 11 is 4.56. The van der Waals surface area contributed by atoms with E-state index in [9.17, 15) is 14.7 Å². The Morgan fingerprint density at radius 2 is 2.16 bits per heavy atom. The van der Waals surface area contributed by atoms with Crippen molar-refractivity contribution in [2.75, 3.05) is 5.75 Å². The molecule has 1 aliphatic rings. The second-order valence-corrected chi connectivity index (χ2v) is 6.37. The Kier molecular flexibility index (Phi) is 4.05. The molecule has 102 valence electrons. The lowest BCUT2D eigenvalue weighted by Crippen LogP contribution is -2.44. The summed E-state index contributed by atoms with van der Waals surface area (Å²) in [5.74, 6) is -1.05. The molecule has 0 spiro atoms. The summed E-state index contributed by atoms with van der Waals surface area (Å²) in [7, 11) is 0. The van der Waals surface area contributed by atoms with Crippen molar-refractivity contribution in [2.24, 2.45) is 0 Å². The minimum absolute atomic E-state index is 0.0442. The molecule has 0 bridgehead atoms. The molecule has 0 radical (unpaired) electrons. The van der Waals surface area contributed by atoms with Gasteiger partial charge in [-0.05, 0) is 41.1 Å². The number of hydrogen-bond donors (Lipinski definition) is 2. The number of hydrogen-bond acceptors (Lipinski definition) is 4. The Bertz CT molecular complexity index is 536. The Morgan fingerprint density at radius 3 is 2.74 bits per heavy atom. The van der Waals surface area contributed by atoms with E-state index in [0.29, 0.717) is 10.2 Å². The van der Waals surface area contributed by atoms with E-state index in [2.05, 4.69) is 15.9 Å². The van der Waals surface area contributed by atoms with Crippen LogP contribution in [0.3, 0.4) is 0 Å². The standard InChI is InChI=1S/C12H12BrNO4S/c1-6-14(9(5-19-6)12(17)18)11(16)7-2-3-8(13)10(15)4-7/h2-4,6,9,15H,5H2,1H3,(H,17,18). The molecule has 1 fully saturated rings. The predicted molar refractivity (Wildman–Crippen MR) is 75.3 cm³/mol. The van der Waals surface area contributed by atoms with Gasteiger partial charge in [-0.25, -0.2) is 4.79 Å². The molecule has 0 aliphatic carbocycles. The number of aliphatic carboxylic acids is 1. The number of phenols is 1. The number of aromatic hydroxyl groups is 1. The molecule has 19 heavy (non-hydrogen) atoms. The number of rotatable bonds is 2. The SMILES string of the molecule is CC1SCC(C(=O)O)N1C(=O)c1ccc(Br)c(O)c1. The molecule has 0 aromatic heterocycles. The van der Waals surface area contributed by atoms with Crippen LogP contribution in [0.2, 0.25) is 0 Å². The maximum atomic E-state index is 12.4. The fourth-order valence-corrected chi connectivity index (χ4v) is 3.35. The predicted octanol–water partition coefficient (Wildman–Crippen LogP) is 2.14. The van der Waals surface area contributed by atoms with Crippen LogP contribution in [0.4, 0.5) is 0 Å². The van der Waals surface area contributed by atoms with Crippen LogP contribution >= 0.6 is 27.7 Å². The molecule has 2 atom stereocenters. The fourth-order valence-electron chi connectivity index (χ4n) is 1.94. The van der Waals surface area contributed by atoms with Crippen molar-refractivity contribution in [2.45, 2.75) is 18.3 Å². The van der Waals surface area contributed by atoms with Gasteiger partial charge in [-0.15, -0.1) is 11.8 Å². The molecule has 1 saturated heterocycles. The molecule has 2 rings (SSSR count). The number of carbonyl (C=O) groups excluding carboxylic acids is 1. The third-order valence-electron chi connectivity index (χ3n) is 2.94. The summed E-state index contributed by atoms with van der Waals surface area (Å²) in [6, 6.07) is 3.63. The van der Waals surface area contributed by atoms with Gasteiger partial charge in [-0.3, -0.25) is 4.79 Å². The second-order valence-electron chi connectivity index (χ2n) is 4.17. The minimum Gasteiger partial charge on any atom is -0.507 e. The number of benzene rings is 1. The van der Waals surface area contributed by atoms with Crippen LogP contribution in [-0.4, -0.2) is 44.2 Å². The summed E-state index contributed by atoms with van der Waals surface area (Å²) in [5, 5.41) is 18.5. The lowest BCUT2D eigenvalue weighted by atomic mass is 10.1. The largest absolute Gasteiger partial charge is 0.507 e. The zero-order chi connectivity index (χ0) is 14.2. The number of carboxylic acids is 1. The van der Waals surface area contributed by atoms with E-state index in [4.69, 9.17) is 5.11 Å². The van der Waals surface area contributed by atoms with Gasteiger partial charge in [-0.2, -0.15) is 0 Å². The molecule has 5 nitrogen and oxygen atoms in total. The first-order valence-corrected chi connectivity index (χ1v) is 7.41. The zero-order valence-electron chi connectivity index (χ0n) is 10.0. The minimum atomic E-state index is -1.01. The first kappa shape index (κ1) is 14.2. The van der Waals surface area contributed by atoms with E-state index in [1.54, 1.807) is 19.1 Å². The van der Waals surface area contributed by atoms with Crippen molar-refractivity contribution in [3.05, 3.63) is 28.2 Å². The number of carboxylic acid groups (broad SMARTS) is 1. The van der Waals surface area contributed by atoms with Crippen LogP contribution in [0.1, 0.15) is 17.3 Å². The Labute approximate surface area is 122 Å². The second kappa shape index (κ2) is 5.42. The maximum absolute atomic E-state index is 12.4. The van der Waals surface area contributed by atoms with Crippen molar-refractivity contribution >= 4 is 39.6 Å². The number of nitrogens with zero attached hydrogens (tertiary/aromatic N) is 1. The molecule has 2 unspecified atom stereocenters. The quantitative estimate of drug-likeness (QED) is 0.858. The van der Waals surface area contributed by atoms with Crippen molar-refractivity contribution in [3.63, 3.8) is 0 Å². The average Bonchev–Trinajstić information content (AvgIpc) is 2.74. The molecule has 2 N–H and O–H groups in total. The molecule has 1 heterocycles. The van der Waals surface area contributed by atoms with E-state index >= 15 is 0 Å². The molecule has 1 aliphatic heterocycles.